The number of nitrogens with zero attached hydrogens (tertiary/aromatic N) is 4. The Labute approximate surface area is 184 Å². The van der Waals surface area contributed by atoms with E-state index in [0.717, 1.165) is 22.4 Å². The molecule has 7 nitrogen and oxygen atoms in total. The van der Waals surface area contributed by atoms with Crippen LogP contribution in [-0.4, -0.2) is 31.0 Å². The van der Waals surface area contributed by atoms with Gasteiger partial charge < -0.3 is 5.32 Å². The van der Waals surface area contributed by atoms with Crippen molar-refractivity contribution >= 4 is 34.4 Å². The van der Waals surface area contributed by atoms with Gasteiger partial charge >= 0.3 is 0 Å². The Bertz CT molecular complexity index is 1310. The average Bonchev–Trinajstić information content (AvgIpc) is 3.13. The quantitative estimate of drug-likeness (QED) is 0.372. The molecule has 0 aliphatic carbocycles. The van der Waals surface area contributed by atoms with Crippen LogP contribution in [0.5, 0.6) is 0 Å². The van der Waals surface area contributed by atoms with E-state index in [-0.39, 0.29) is 17.2 Å². The van der Waals surface area contributed by atoms with E-state index in [0.29, 0.717) is 22.7 Å². The van der Waals surface area contributed by atoms with Gasteiger partial charge in [-0.15, -0.1) is 0 Å². The summed E-state index contributed by atoms with van der Waals surface area (Å²) in [5, 5.41) is 7.70. The summed E-state index contributed by atoms with van der Waals surface area (Å²) < 4.78 is 3.16. The molecule has 0 saturated heterocycles. The lowest BCUT2D eigenvalue weighted by molar-refractivity contribution is -0.113. The smallest absolute Gasteiger partial charge is 0.282 e. The van der Waals surface area contributed by atoms with Gasteiger partial charge in [0, 0.05) is 12.7 Å². The Morgan fingerprint density at radius 2 is 1.90 bits per heavy atom. The van der Waals surface area contributed by atoms with Crippen molar-refractivity contribution in [3.63, 3.8) is 0 Å². The second-order valence-corrected chi connectivity index (χ2v) is 8.41. The summed E-state index contributed by atoms with van der Waals surface area (Å²) in [6.07, 6.45) is 1.71. The van der Waals surface area contributed by atoms with Crippen LogP contribution in [0.4, 0.5) is 5.69 Å². The topological polar surface area (TPSA) is 81.8 Å². The van der Waals surface area contributed by atoms with Crippen LogP contribution in [0, 0.1) is 13.8 Å². The Morgan fingerprint density at radius 3 is 2.68 bits per heavy atom. The molecular weight excluding hydrogens is 410 g/mol. The number of fused-ring (bicyclic) bond motifs is 1. The maximum Gasteiger partial charge on any atom is 0.282 e. The highest BCUT2D eigenvalue weighted by Gasteiger charge is 2.16. The number of nitrogens with one attached hydrogen (secondary N) is 1. The monoisotopic (exact) mass is 433 g/mol. The second kappa shape index (κ2) is 8.77. The van der Waals surface area contributed by atoms with Gasteiger partial charge in [0.25, 0.3) is 5.56 Å². The average molecular weight is 434 g/mol. The number of hydrogen-bond acceptors (Lipinski definition) is 5. The van der Waals surface area contributed by atoms with Crippen molar-refractivity contribution in [1.82, 2.24) is 19.3 Å². The summed E-state index contributed by atoms with van der Waals surface area (Å²) in [6, 6.07) is 15.6. The molecule has 2 aromatic heterocycles. The number of carbonyl (C=O) groups excluding carboxylic acids is 1. The van der Waals surface area contributed by atoms with Crippen LogP contribution in [0.15, 0.2) is 64.7 Å². The van der Waals surface area contributed by atoms with Crippen molar-refractivity contribution in [3.05, 3.63) is 81.8 Å². The van der Waals surface area contributed by atoms with E-state index in [1.165, 1.54) is 11.8 Å². The molecule has 4 aromatic rings. The van der Waals surface area contributed by atoms with Gasteiger partial charge in [0.2, 0.25) is 5.91 Å². The third kappa shape index (κ3) is 4.69. The molecule has 0 aliphatic rings. The molecule has 2 aromatic carbocycles. The number of benzene rings is 2. The predicted molar refractivity (Wildman–Crippen MR) is 124 cm³/mol. The third-order valence-electron chi connectivity index (χ3n) is 4.89. The highest BCUT2D eigenvalue weighted by atomic mass is 32.2. The molecule has 0 spiro atoms. The number of thioether (sulfide) groups is 1. The standard InChI is InChI=1S/C23H23N5O2S/c1-15-9-10-16(2)18(11-15)24-20(29)14-31-23-25-19-13-27(3)26-21(19)22(30)28(23)12-17-7-5-4-6-8-17/h4-11,13H,12,14H2,1-3H3,(H,24,29). The Morgan fingerprint density at radius 1 is 1.13 bits per heavy atom. The van der Waals surface area contributed by atoms with E-state index in [1.54, 1.807) is 22.5 Å². The van der Waals surface area contributed by atoms with Crippen molar-refractivity contribution in [2.75, 3.05) is 11.1 Å². The minimum Gasteiger partial charge on any atom is -0.325 e. The fraction of sp³-hybridized carbons (Fsp3) is 0.217. The summed E-state index contributed by atoms with van der Waals surface area (Å²) in [6.45, 7) is 4.30. The largest absolute Gasteiger partial charge is 0.325 e. The molecule has 8 heteroatoms. The maximum atomic E-state index is 13.1. The molecule has 31 heavy (non-hydrogen) atoms. The molecule has 1 N–H and O–H groups in total. The molecule has 158 valence electrons. The minimum absolute atomic E-state index is 0.139. The molecular formula is C23H23N5O2S. The number of hydrogen-bond donors (Lipinski definition) is 1. The van der Waals surface area contributed by atoms with Crippen molar-refractivity contribution in [3.8, 4) is 0 Å². The Hall–Kier alpha value is -3.39. The summed E-state index contributed by atoms with van der Waals surface area (Å²) in [5.74, 6) is -0.00842. The van der Waals surface area contributed by atoms with Gasteiger partial charge in [-0.3, -0.25) is 18.8 Å². The summed E-state index contributed by atoms with van der Waals surface area (Å²) in [5.41, 5.74) is 4.48. The Kier molecular flexibility index (Phi) is 5.90. The van der Waals surface area contributed by atoms with Crippen LogP contribution < -0.4 is 10.9 Å². The van der Waals surface area contributed by atoms with Crippen LogP contribution in [0.1, 0.15) is 16.7 Å². The number of anilines is 1. The first kappa shape index (κ1) is 20.9. The van der Waals surface area contributed by atoms with E-state index in [9.17, 15) is 9.59 Å². The maximum absolute atomic E-state index is 13.1. The molecule has 0 aliphatic heterocycles. The SMILES string of the molecule is Cc1ccc(C)c(NC(=O)CSc2nc3cn(C)nc3c(=O)n2Cc2ccccc2)c1. The first-order valence-electron chi connectivity index (χ1n) is 9.89. The van der Waals surface area contributed by atoms with Gasteiger partial charge in [-0.1, -0.05) is 54.2 Å². The van der Waals surface area contributed by atoms with Crippen molar-refractivity contribution < 1.29 is 4.79 Å². The fourth-order valence-corrected chi connectivity index (χ4v) is 4.09. The van der Waals surface area contributed by atoms with Gasteiger partial charge in [-0.25, -0.2) is 4.98 Å². The molecule has 1 amide bonds. The van der Waals surface area contributed by atoms with E-state index < -0.39 is 0 Å². The first-order chi connectivity index (χ1) is 14.9. The first-order valence-corrected chi connectivity index (χ1v) is 10.9. The van der Waals surface area contributed by atoms with Crippen LogP contribution in [0.2, 0.25) is 0 Å². The van der Waals surface area contributed by atoms with Crippen molar-refractivity contribution in [1.29, 1.82) is 0 Å². The van der Waals surface area contributed by atoms with Crippen LogP contribution in [0.3, 0.4) is 0 Å². The molecule has 0 radical (unpaired) electrons. The van der Waals surface area contributed by atoms with Gasteiger partial charge in [-0.2, -0.15) is 5.10 Å². The molecule has 0 unspecified atom stereocenters. The zero-order valence-electron chi connectivity index (χ0n) is 17.6. The number of amides is 1. The van der Waals surface area contributed by atoms with Crippen LogP contribution in [-0.2, 0) is 18.4 Å². The highest BCUT2D eigenvalue weighted by molar-refractivity contribution is 7.99. The molecule has 0 saturated carbocycles. The van der Waals surface area contributed by atoms with Gasteiger partial charge in [-0.05, 0) is 36.6 Å². The number of rotatable bonds is 6. The molecule has 0 bridgehead atoms. The zero-order chi connectivity index (χ0) is 22.0. The normalized spacial score (nSPS) is 11.1. The molecule has 2 heterocycles. The Balaban J connectivity index is 1.61. The van der Waals surface area contributed by atoms with Crippen molar-refractivity contribution in [2.24, 2.45) is 7.05 Å². The van der Waals surface area contributed by atoms with Gasteiger partial charge in [0.05, 0.1) is 18.5 Å². The summed E-state index contributed by atoms with van der Waals surface area (Å²) >= 11 is 1.24. The fourth-order valence-electron chi connectivity index (χ4n) is 3.29. The van der Waals surface area contributed by atoms with E-state index in [1.807, 2.05) is 62.4 Å². The molecule has 0 fully saturated rings. The predicted octanol–water partition coefficient (Wildman–Crippen LogP) is 3.53. The summed E-state index contributed by atoms with van der Waals surface area (Å²) in [4.78, 5) is 30.4. The van der Waals surface area contributed by atoms with E-state index in [2.05, 4.69) is 15.4 Å². The van der Waals surface area contributed by atoms with E-state index >= 15 is 0 Å². The number of aromatic nitrogens is 4. The van der Waals surface area contributed by atoms with Crippen molar-refractivity contribution in [2.45, 2.75) is 25.5 Å². The summed E-state index contributed by atoms with van der Waals surface area (Å²) in [7, 11) is 1.76. The lowest BCUT2D eigenvalue weighted by atomic mass is 10.1. The molecule has 4 rings (SSSR count). The third-order valence-corrected chi connectivity index (χ3v) is 5.86. The van der Waals surface area contributed by atoms with Gasteiger partial charge in [0.1, 0.15) is 5.52 Å². The zero-order valence-corrected chi connectivity index (χ0v) is 18.4. The van der Waals surface area contributed by atoms with Crippen LogP contribution in [0.25, 0.3) is 11.0 Å². The highest BCUT2D eigenvalue weighted by Crippen LogP contribution is 2.20. The molecule has 0 atom stereocenters. The van der Waals surface area contributed by atoms with Gasteiger partial charge in [0.15, 0.2) is 10.7 Å². The van der Waals surface area contributed by atoms with Crippen LogP contribution >= 0.6 is 11.8 Å². The lowest BCUT2D eigenvalue weighted by Crippen LogP contribution is -2.25. The number of carbonyl (C=O) groups is 1. The minimum atomic E-state index is -0.216. The lowest BCUT2D eigenvalue weighted by Gasteiger charge is -2.12. The second-order valence-electron chi connectivity index (χ2n) is 7.46. The number of aryl methyl sites for hydroxylation is 3. The van der Waals surface area contributed by atoms with E-state index in [4.69, 9.17) is 0 Å².